The van der Waals surface area contributed by atoms with Crippen molar-refractivity contribution in [3.05, 3.63) is 69.8 Å². The van der Waals surface area contributed by atoms with Gasteiger partial charge in [0.1, 0.15) is 11.6 Å². The van der Waals surface area contributed by atoms with Crippen LogP contribution in [0.3, 0.4) is 0 Å². The molecule has 0 saturated heterocycles. The quantitative estimate of drug-likeness (QED) is 0.292. The molecule has 4 N–H and O–H groups in total. The summed E-state index contributed by atoms with van der Waals surface area (Å²) in [5.41, 5.74) is -1.49. The van der Waals surface area contributed by atoms with Gasteiger partial charge >= 0.3 is 11.9 Å². The van der Waals surface area contributed by atoms with Gasteiger partial charge in [-0.05, 0) is 48.9 Å². The number of nitrogens with zero attached hydrogens (tertiary/aromatic N) is 1. The van der Waals surface area contributed by atoms with Gasteiger partial charge in [-0.25, -0.2) is 4.79 Å². The van der Waals surface area contributed by atoms with Crippen LogP contribution in [0, 0.1) is 26.9 Å². The van der Waals surface area contributed by atoms with Crippen LogP contribution in [0.2, 0.25) is 0 Å². The lowest BCUT2D eigenvalue weighted by atomic mass is 9.65. The van der Waals surface area contributed by atoms with E-state index in [-0.39, 0.29) is 17.7 Å². The van der Waals surface area contributed by atoms with Gasteiger partial charge in [-0.15, -0.1) is 0 Å². The lowest BCUT2D eigenvalue weighted by molar-refractivity contribution is -0.385. The Morgan fingerprint density at radius 1 is 1.05 bits per heavy atom. The lowest BCUT2D eigenvalue weighted by Crippen LogP contribution is -2.49. The number of para-hydroxylation sites is 1. The van der Waals surface area contributed by atoms with Crippen LogP contribution in [-0.4, -0.2) is 44.9 Å². The molecule has 0 aromatic heterocycles. The van der Waals surface area contributed by atoms with Crippen LogP contribution >= 0.6 is 0 Å². The van der Waals surface area contributed by atoms with Crippen LogP contribution in [0.5, 0.6) is 0 Å². The Bertz CT molecular complexity index is 1240. The number of carboxylic acids is 2. The molecule has 11 heteroatoms. The van der Waals surface area contributed by atoms with E-state index in [9.17, 15) is 39.5 Å². The standard InChI is InChI=1S/C26H29N3O8/c1-25(2)18(12-13-26(25,3)24(34)35)22(31)28-19(23(32)33)14-15-8-10-16(11-9-15)27-21(30)17-6-4-5-7-20(17)29(36)37/h4-11,18-19H,12-14H2,1-3H3,(H,27,30)(H,28,31)(H,32,33)(H,34,35). The highest BCUT2D eigenvalue weighted by atomic mass is 16.6. The largest absolute Gasteiger partial charge is 0.481 e. The number of aliphatic carboxylic acids is 2. The molecule has 0 bridgehead atoms. The molecule has 0 spiro atoms. The van der Waals surface area contributed by atoms with Crippen molar-refractivity contribution in [3.8, 4) is 0 Å². The summed E-state index contributed by atoms with van der Waals surface area (Å²) in [6.07, 6.45) is 0.606. The zero-order valence-corrected chi connectivity index (χ0v) is 20.7. The number of amides is 2. The Balaban J connectivity index is 1.68. The topological polar surface area (TPSA) is 176 Å². The molecule has 0 radical (unpaired) electrons. The maximum Gasteiger partial charge on any atom is 0.326 e. The number of nitrogens with one attached hydrogen (secondary N) is 2. The predicted octanol–water partition coefficient (Wildman–Crippen LogP) is 3.49. The van der Waals surface area contributed by atoms with Crippen LogP contribution in [0.4, 0.5) is 11.4 Å². The molecule has 2 amide bonds. The van der Waals surface area contributed by atoms with Crippen molar-refractivity contribution in [1.29, 1.82) is 0 Å². The van der Waals surface area contributed by atoms with Gasteiger partial charge < -0.3 is 20.8 Å². The lowest BCUT2D eigenvalue weighted by Gasteiger charge is -2.38. The number of benzene rings is 2. The first-order chi connectivity index (χ1) is 17.3. The fraction of sp³-hybridized carbons (Fsp3) is 0.385. The van der Waals surface area contributed by atoms with Crippen LogP contribution < -0.4 is 10.6 Å². The second-order valence-electron chi connectivity index (χ2n) is 9.98. The van der Waals surface area contributed by atoms with E-state index in [0.29, 0.717) is 24.1 Å². The number of nitro benzene ring substituents is 1. The van der Waals surface area contributed by atoms with Crippen LogP contribution in [0.1, 0.15) is 49.5 Å². The molecule has 1 fully saturated rings. The molecular formula is C26H29N3O8. The zero-order valence-electron chi connectivity index (χ0n) is 20.7. The Labute approximate surface area is 213 Å². The number of hydrogen-bond donors (Lipinski definition) is 4. The second-order valence-corrected chi connectivity index (χ2v) is 9.98. The fourth-order valence-electron chi connectivity index (χ4n) is 4.80. The van der Waals surface area contributed by atoms with E-state index in [0.717, 1.165) is 0 Å². The van der Waals surface area contributed by atoms with E-state index in [1.54, 1.807) is 32.9 Å². The molecule has 3 rings (SSSR count). The maximum absolute atomic E-state index is 13.0. The third-order valence-corrected chi connectivity index (χ3v) is 7.63. The van der Waals surface area contributed by atoms with Crippen molar-refractivity contribution < 1.29 is 34.3 Å². The number of nitro groups is 1. The molecule has 2 aromatic rings. The molecule has 1 aliphatic rings. The number of rotatable bonds is 9. The first kappa shape index (κ1) is 27.3. The first-order valence-electron chi connectivity index (χ1n) is 11.7. The Morgan fingerprint density at radius 3 is 2.22 bits per heavy atom. The minimum atomic E-state index is -1.24. The molecule has 2 aromatic carbocycles. The molecule has 1 aliphatic carbocycles. The first-order valence-corrected chi connectivity index (χ1v) is 11.7. The summed E-state index contributed by atoms with van der Waals surface area (Å²) in [6, 6.07) is 10.5. The monoisotopic (exact) mass is 511 g/mol. The molecule has 0 aliphatic heterocycles. The number of anilines is 1. The van der Waals surface area contributed by atoms with Gasteiger partial charge in [0.15, 0.2) is 0 Å². The summed E-state index contributed by atoms with van der Waals surface area (Å²) in [6.45, 7) is 5.03. The van der Waals surface area contributed by atoms with Gasteiger partial charge in [0.2, 0.25) is 5.91 Å². The van der Waals surface area contributed by atoms with E-state index in [4.69, 9.17) is 0 Å². The van der Waals surface area contributed by atoms with Gasteiger partial charge in [0.05, 0.1) is 10.3 Å². The van der Waals surface area contributed by atoms with Crippen molar-refractivity contribution in [2.75, 3.05) is 5.32 Å². The van der Waals surface area contributed by atoms with Gasteiger partial charge in [-0.2, -0.15) is 0 Å². The fourth-order valence-corrected chi connectivity index (χ4v) is 4.80. The Morgan fingerprint density at radius 2 is 1.68 bits per heavy atom. The molecular weight excluding hydrogens is 482 g/mol. The van der Waals surface area contributed by atoms with Crippen molar-refractivity contribution >= 4 is 35.1 Å². The van der Waals surface area contributed by atoms with Gasteiger partial charge in [-0.1, -0.05) is 38.1 Å². The summed E-state index contributed by atoms with van der Waals surface area (Å²) in [7, 11) is 0. The highest BCUT2D eigenvalue weighted by Gasteiger charge is 2.58. The van der Waals surface area contributed by atoms with Crippen LogP contribution in [0.25, 0.3) is 0 Å². The van der Waals surface area contributed by atoms with Crippen LogP contribution in [0.15, 0.2) is 48.5 Å². The Hall–Kier alpha value is -4.28. The zero-order chi connectivity index (χ0) is 27.5. The number of carbonyl (C=O) groups is 4. The average molecular weight is 512 g/mol. The minimum Gasteiger partial charge on any atom is -0.481 e. The summed E-state index contributed by atoms with van der Waals surface area (Å²) >= 11 is 0. The summed E-state index contributed by atoms with van der Waals surface area (Å²) in [5, 5.41) is 35.7. The normalized spacial score (nSPS) is 21.0. The highest BCUT2D eigenvalue weighted by molar-refractivity contribution is 6.07. The second kappa shape index (κ2) is 10.4. The number of carboxylic acid groups (broad SMARTS) is 2. The van der Waals surface area contributed by atoms with Crippen LogP contribution in [-0.2, 0) is 20.8 Å². The molecule has 11 nitrogen and oxygen atoms in total. The molecule has 196 valence electrons. The third kappa shape index (κ3) is 5.45. The highest BCUT2D eigenvalue weighted by Crippen LogP contribution is 2.56. The molecule has 3 unspecified atom stereocenters. The predicted molar refractivity (Wildman–Crippen MR) is 133 cm³/mol. The SMILES string of the molecule is CC1(C(=O)O)CCC(C(=O)NC(Cc2ccc(NC(=O)c3ccccc3[N+](=O)[O-])cc2)C(=O)O)C1(C)C. The van der Waals surface area contributed by atoms with E-state index in [1.807, 2.05) is 0 Å². The summed E-state index contributed by atoms with van der Waals surface area (Å²) in [4.78, 5) is 59.7. The smallest absolute Gasteiger partial charge is 0.326 e. The summed E-state index contributed by atoms with van der Waals surface area (Å²) < 4.78 is 0. The minimum absolute atomic E-state index is 0.0389. The van der Waals surface area contributed by atoms with Crippen molar-refractivity contribution in [1.82, 2.24) is 5.32 Å². The van der Waals surface area contributed by atoms with Crippen molar-refractivity contribution in [2.24, 2.45) is 16.7 Å². The van der Waals surface area contributed by atoms with Crippen molar-refractivity contribution in [3.63, 3.8) is 0 Å². The molecule has 3 atom stereocenters. The molecule has 37 heavy (non-hydrogen) atoms. The molecule has 1 saturated carbocycles. The van der Waals surface area contributed by atoms with Gasteiger partial charge in [0, 0.05) is 24.1 Å². The van der Waals surface area contributed by atoms with E-state index < -0.39 is 51.5 Å². The van der Waals surface area contributed by atoms with E-state index >= 15 is 0 Å². The average Bonchev–Trinajstić information content (AvgIpc) is 3.09. The van der Waals surface area contributed by atoms with Gasteiger partial charge in [-0.3, -0.25) is 24.5 Å². The Kier molecular flexibility index (Phi) is 7.66. The molecule has 0 heterocycles. The third-order valence-electron chi connectivity index (χ3n) is 7.63. The van der Waals surface area contributed by atoms with Gasteiger partial charge in [0.25, 0.3) is 11.6 Å². The van der Waals surface area contributed by atoms with E-state index in [2.05, 4.69) is 10.6 Å². The maximum atomic E-state index is 13.0. The summed E-state index contributed by atoms with van der Waals surface area (Å²) in [5.74, 6) is -4.05. The van der Waals surface area contributed by atoms with Crippen molar-refractivity contribution in [2.45, 2.75) is 46.1 Å². The number of hydrogen-bond acceptors (Lipinski definition) is 6. The van der Waals surface area contributed by atoms with E-state index in [1.165, 1.54) is 36.4 Å². The number of carbonyl (C=O) groups excluding carboxylic acids is 2.